The zero-order valence-electron chi connectivity index (χ0n) is 19.2. The molecule has 0 amide bonds. The molecule has 2 N–H and O–H groups in total. The van der Waals surface area contributed by atoms with E-state index >= 15 is 0 Å². The SMILES string of the molecule is COc1cccc(OCc2cc(C)ccn2)c1-c1ccc2c(c1)CCNCC2.CS(=O)(=O)O. The molecule has 8 heteroatoms. The zero-order chi connectivity index (χ0) is 23.8. The van der Waals surface area contributed by atoms with Gasteiger partial charge in [0.15, 0.2) is 0 Å². The summed E-state index contributed by atoms with van der Waals surface area (Å²) in [5.41, 5.74) is 7.05. The number of hydrogen-bond acceptors (Lipinski definition) is 6. The molecule has 3 aromatic rings. The minimum Gasteiger partial charge on any atom is -0.496 e. The largest absolute Gasteiger partial charge is 0.496 e. The van der Waals surface area contributed by atoms with Gasteiger partial charge >= 0.3 is 0 Å². The Morgan fingerprint density at radius 2 is 1.73 bits per heavy atom. The molecular weight excluding hydrogens is 440 g/mol. The maximum atomic E-state index is 9.19. The first-order chi connectivity index (χ1) is 15.7. The minimum absolute atomic E-state index is 0.427. The van der Waals surface area contributed by atoms with Gasteiger partial charge in [-0.25, -0.2) is 0 Å². The van der Waals surface area contributed by atoms with Crippen molar-refractivity contribution < 1.29 is 22.4 Å². The summed E-state index contributed by atoms with van der Waals surface area (Å²) in [5.74, 6) is 1.63. The molecule has 1 aromatic heterocycles. The molecule has 176 valence electrons. The molecule has 1 aliphatic rings. The number of nitrogens with one attached hydrogen (secondary N) is 1. The Morgan fingerprint density at radius 1 is 1.03 bits per heavy atom. The summed E-state index contributed by atoms with van der Waals surface area (Å²) in [6, 6.07) is 16.7. The molecule has 33 heavy (non-hydrogen) atoms. The first-order valence-corrected chi connectivity index (χ1v) is 12.6. The molecule has 0 spiro atoms. The molecule has 0 saturated heterocycles. The summed E-state index contributed by atoms with van der Waals surface area (Å²) in [4.78, 5) is 4.40. The Kier molecular flexibility index (Phi) is 8.43. The average Bonchev–Trinajstić information content (AvgIpc) is 3.01. The van der Waals surface area contributed by atoms with Crippen LogP contribution in [0.4, 0.5) is 0 Å². The standard InChI is InChI=1S/C24H26N2O2.CH4O3S/c1-17-8-13-26-21(14-17)16-28-23-5-3-4-22(27-2)24(23)20-7-6-18-9-11-25-12-10-19(18)15-20;1-5(2,3)4/h3-8,13-15,25H,9-12,16H2,1-2H3;1H3,(H,2,3,4). The van der Waals surface area contributed by atoms with Crippen molar-refractivity contribution in [2.45, 2.75) is 26.4 Å². The number of benzene rings is 2. The summed E-state index contributed by atoms with van der Waals surface area (Å²) in [5, 5.41) is 3.47. The van der Waals surface area contributed by atoms with E-state index in [-0.39, 0.29) is 0 Å². The molecule has 0 fully saturated rings. The molecule has 2 aromatic carbocycles. The van der Waals surface area contributed by atoms with Crippen LogP contribution in [-0.2, 0) is 29.6 Å². The number of methoxy groups -OCH3 is 1. The van der Waals surface area contributed by atoms with E-state index in [2.05, 4.69) is 41.5 Å². The summed E-state index contributed by atoms with van der Waals surface area (Å²) in [6.07, 6.45) is 4.65. The first-order valence-electron chi connectivity index (χ1n) is 10.7. The zero-order valence-corrected chi connectivity index (χ0v) is 20.0. The lowest BCUT2D eigenvalue weighted by molar-refractivity contribution is 0.300. The third kappa shape index (κ3) is 7.56. The van der Waals surface area contributed by atoms with Gasteiger partial charge in [-0.15, -0.1) is 0 Å². The van der Waals surface area contributed by atoms with E-state index in [1.54, 1.807) is 7.11 Å². The Labute approximate surface area is 195 Å². The number of ether oxygens (including phenoxy) is 2. The van der Waals surface area contributed by atoms with E-state index in [0.717, 1.165) is 54.3 Å². The van der Waals surface area contributed by atoms with Crippen molar-refractivity contribution in [1.82, 2.24) is 10.3 Å². The van der Waals surface area contributed by atoms with Crippen LogP contribution < -0.4 is 14.8 Å². The Hall–Kier alpha value is -2.94. The highest BCUT2D eigenvalue weighted by atomic mass is 32.2. The Balaban J connectivity index is 0.000000555. The minimum atomic E-state index is -3.67. The Bertz CT molecular complexity index is 1190. The van der Waals surface area contributed by atoms with E-state index in [1.165, 1.54) is 16.7 Å². The molecule has 0 atom stereocenters. The molecule has 0 unspecified atom stereocenters. The summed E-state index contributed by atoms with van der Waals surface area (Å²) < 4.78 is 37.7. The summed E-state index contributed by atoms with van der Waals surface area (Å²) in [7, 11) is -1.96. The highest BCUT2D eigenvalue weighted by molar-refractivity contribution is 7.85. The topological polar surface area (TPSA) is 97.8 Å². The van der Waals surface area contributed by atoms with Crippen molar-refractivity contribution >= 4 is 10.1 Å². The lowest BCUT2D eigenvalue weighted by Gasteiger charge is -2.17. The van der Waals surface area contributed by atoms with Gasteiger partial charge in [0.05, 0.1) is 24.6 Å². The van der Waals surface area contributed by atoms with Gasteiger partial charge in [-0.3, -0.25) is 9.54 Å². The van der Waals surface area contributed by atoms with E-state index in [9.17, 15) is 8.42 Å². The highest BCUT2D eigenvalue weighted by Gasteiger charge is 2.16. The quantitative estimate of drug-likeness (QED) is 0.547. The fourth-order valence-corrected chi connectivity index (χ4v) is 3.74. The van der Waals surface area contributed by atoms with Crippen LogP contribution in [-0.4, -0.2) is 44.4 Å². The molecule has 0 bridgehead atoms. The second kappa shape index (κ2) is 11.3. The van der Waals surface area contributed by atoms with Crippen LogP contribution in [0.1, 0.15) is 22.4 Å². The van der Waals surface area contributed by atoms with Crippen molar-refractivity contribution in [2.24, 2.45) is 0 Å². The average molecular weight is 471 g/mol. The van der Waals surface area contributed by atoms with Gasteiger partial charge in [0, 0.05) is 6.20 Å². The molecule has 4 rings (SSSR count). The van der Waals surface area contributed by atoms with Crippen LogP contribution in [0.25, 0.3) is 11.1 Å². The molecule has 0 aliphatic carbocycles. The maximum Gasteiger partial charge on any atom is 0.261 e. The van der Waals surface area contributed by atoms with E-state index < -0.39 is 10.1 Å². The molecular formula is C25H30N2O5S. The Morgan fingerprint density at radius 3 is 2.42 bits per heavy atom. The van der Waals surface area contributed by atoms with E-state index in [1.807, 2.05) is 30.5 Å². The van der Waals surface area contributed by atoms with Crippen LogP contribution in [0, 0.1) is 6.92 Å². The number of rotatable bonds is 5. The second-order valence-electron chi connectivity index (χ2n) is 7.91. The predicted octanol–water partition coefficient (Wildman–Crippen LogP) is 3.84. The van der Waals surface area contributed by atoms with Crippen LogP contribution in [0.3, 0.4) is 0 Å². The third-order valence-corrected chi connectivity index (χ3v) is 5.19. The van der Waals surface area contributed by atoms with Crippen LogP contribution >= 0.6 is 0 Å². The third-order valence-electron chi connectivity index (χ3n) is 5.19. The maximum absolute atomic E-state index is 9.19. The molecule has 1 aliphatic heterocycles. The van der Waals surface area contributed by atoms with Crippen molar-refractivity contribution in [2.75, 3.05) is 26.5 Å². The molecule has 0 saturated carbocycles. The number of fused-ring (bicyclic) bond motifs is 1. The van der Waals surface area contributed by atoms with Crippen LogP contribution in [0.15, 0.2) is 54.7 Å². The summed E-state index contributed by atoms with van der Waals surface area (Å²) in [6.45, 7) is 4.55. The molecule has 0 radical (unpaired) electrons. The van der Waals surface area contributed by atoms with Gasteiger partial charge < -0.3 is 14.8 Å². The summed E-state index contributed by atoms with van der Waals surface area (Å²) >= 11 is 0. The molecule has 2 heterocycles. The monoisotopic (exact) mass is 470 g/mol. The van der Waals surface area contributed by atoms with Gasteiger partial charge in [0.25, 0.3) is 10.1 Å². The van der Waals surface area contributed by atoms with E-state index in [0.29, 0.717) is 12.9 Å². The van der Waals surface area contributed by atoms with Crippen molar-refractivity contribution in [3.8, 4) is 22.6 Å². The second-order valence-corrected chi connectivity index (χ2v) is 9.38. The molecule has 7 nitrogen and oxygen atoms in total. The smallest absolute Gasteiger partial charge is 0.261 e. The highest BCUT2D eigenvalue weighted by Crippen LogP contribution is 2.39. The van der Waals surface area contributed by atoms with Gasteiger partial charge in [0.2, 0.25) is 0 Å². The predicted molar refractivity (Wildman–Crippen MR) is 129 cm³/mol. The van der Waals surface area contributed by atoms with Crippen molar-refractivity contribution in [3.05, 3.63) is 77.1 Å². The fraction of sp³-hybridized carbons (Fsp3) is 0.320. The van der Waals surface area contributed by atoms with Gasteiger partial charge in [-0.05, 0) is 79.4 Å². The lowest BCUT2D eigenvalue weighted by atomic mass is 9.95. The number of hydrogen-bond donors (Lipinski definition) is 2. The number of pyridine rings is 1. The van der Waals surface area contributed by atoms with E-state index in [4.69, 9.17) is 14.0 Å². The van der Waals surface area contributed by atoms with Crippen LogP contribution in [0.5, 0.6) is 11.5 Å². The number of aryl methyl sites for hydroxylation is 1. The van der Waals surface area contributed by atoms with Crippen LogP contribution in [0.2, 0.25) is 0 Å². The van der Waals surface area contributed by atoms with Gasteiger partial charge in [-0.2, -0.15) is 8.42 Å². The number of aromatic nitrogens is 1. The first kappa shape index (κ1) is 24.7. The van der Waals surface area contributed by atoms with Crippen molar-refractivity contribution in [1.29, 1.82) is 0 Å². The van der Waals surface area contributed by atoms with Gasteiger partial charge in [0.1, 0.15) is 18.1 Å². The number of nitrogens with zero attached hydrogens (tertiary/aromatic N) is 1. The lowest BCUT2D eigenvalue weighted by Crippen LogP contribution is -2.16. The van der Waals surface area contributed by atoms with Crippen molar-refractivity contribution in [3.63, 3.8) is 0 Å². The normalized spacial score (nSPS) is 13.2. The fourth-order valence-electron chi connectivity index (χ4n) is 3.74. The van der Waals surface area contributed by atoms with Gasteiger partial charge in [-0.1, -0.05) is 24.3 Å².